The van der Waals surface area contributed by atoms with E-state index in [1.165, 1.54) is 17.5 Å². The fraction of sp³-hybridized carbons (Fsp3) is 0.500. The van der Waals surface area contributed by atoms with Crippen molar-refractivity contribution >= 4 is 29.3 Å². The Morgan fingerprint density at radius 2 is 2.13 bits per heavy atom. The van der Waals surface area contributed by atoms with Crippen LogP contribution in [0.2, 0.25) is 0 Å². The van der Waals surface area contributed by atoms with E-state index in [0.717, 1.165) is 49.0 Å². The number of nitrogens with one attached hydrogen (secondary N) is 1. The fourth-order valence-electron chi connectivity index (χ4n) is 3.76. The Morgan fingerprint density at radius 3 is 2.91 bits per heavy atom. The van der Waals surface area contributed by atoms with Gasteiger partial charge in [-0.05, 0) is 49.4 Å². The molecule has 1 saturated heterocycles. The van der Waals surface area contributed by atoms with Crippen molar-refractivity contribution in [2.24, 2.45) is 0 Å². The molecule has 0 bridgehead atoms. The summed E-state index contributed by atoms with van der Waals surface area (Å²) in [4.78, 5) is 14.6. The number of carbonyl (C=O) groups excluding carboxylic acids is 1. The Kier molecular flexibility index (Phi) is 4.64. The molecule has 1 atom stereocenters. The minimum absolute atomic E-state index is 0. The van der Waals surface area contributed by atoms with Crippen molar-refractivity contribution in [3.8, 4) is 0 Å². The van der Waals surface area contributed by atoms with Crippen LogP contribution < -0.4 is 5.32 Å². The second-order valence-electron chi connectivity index (χ2n) is 6.55. The van der Waals surface area contributed by atoms with Gasteiger partial charge in [-0.1, -0.05) is 0 Å². The van der Waals surface area contributed by atoms with Gasteiger partial charge < -0.3 is 14.6 Å². The van der Waals surface area contributed by atoms with E-state index >= 15 is 0 Å². The third kappa shape index (κ3) is 2.98. The second kappa shape index (κ2) is 6.54. The number of hydrogen-bond donors (Lipinski definition) is 1. The molecule has 0 radical (unpaired) electrons. The largest absolute Gasteiger partial charge is 0.464 e. The zero-order chi connectivity index (χ0) is 15.1. The molecule has 4 nitrogen and oxygen atoms in total. The molecule has 1 aliphatic heterocycles. The molecule has 1 amide bonds. The first-order valence-corrected chi connectivity index (χ1v) is 8.24. The van der Waals surface area contributed by atoms with E-state index in [-0.39, 0.29) is 24.4 Å². The molecule has 1 aliphatic carbocycles. The third-order valence-electron chi connectivity index (χ3n) is 5.03. The van der Waals surface area contributed by atoms with E-state index in [0.29, 0.717) is 6.42 Å². The summed E-state index contributed by atoms with van der Waals surface area (Å²) in [7, 11) is 0. The number of carbonyl (C=O) groups is 1. The highest BCUT2D eigenvalue weighted by Gasteiger charge is 2.24. The van der Waals surface area contributed by atoms with Crippen molar-refractivity contribution in [1.29, 1.82) is 0 Å². The average molecular weight is 335 g/mol. The summed E-state index contributed by atoms with van der Waals surface area (Å²) in [5.74, 6) is 0.206. The van der Waals surface area contributed by atoms with E-state index in [9.17, 15) is 4.79 Å². The summed E-state index contributed by atoms with van der Waals surface area (Å²) in [5.41, 5.74) is 4.80. The summed E-state index contributed by atoms with van der Waals surface area (Å²) in [6, 6.07) is 4.67. The Hall–Kier alpha value is -1.52. The topological polar surface area (TPSA) is 45.5 Å². The quantitative estimate of drug-likeness (QED) is 0.918. The highest BCUT2D eigenvalue weighted by atomic mass is 35.5. The molecule has 0 spiro atoms. The van der Waals surface area contributed by atoms with Gasteiger partial charge in [0.05, 0.1) is 12.7 Å². The molecule has 5 heteroatoms. The maximum absolute atomic E-state index is 12.6. The Balaban J connectivity index is 0.00000156. The summed E-state index contributed by atoms with van der Waals surface area (Å²) in [6.45, 7) is 4.66. The van der Waals surface area contributed by atoms with Crippen LogP contribution in [0.4, 0.5) is 0 Å². The van der Waals surface area contributed by atoms with Gasteiger partial charge in [0, 0.05) is 36.6 Å². The number of nitrogens with zero attached hydrogens (tertiary/aromatic N) is 1. The predicted octanol–water partition coefficient (Wildman–Crippen LogP) is 2.71. The lowest BCUT2D eigenvalue weighted by Gasteiger charge is -2.34. The van der Waals surface area contributed by atoms with Crippen LogP contribution in [0.1, 0.15) is 30.0 Å². The molecule has 4 rings (SSSR count). The molecule has 23 heavy (non-hydrogen) atoms. The number of aryl methyl sites for hydroxylation is 2. The van der Waals surface area contributed by atoms with E-state index in [1.807, 2.05) is 4.90 Å². The van der Waals surface area contributed by atoms with Crippen LogP contribution in [-0.4, -0.2) is 36.5 Å². The zero-order valence-electron chi connectivity index (χ0n) is 13.4. The number of rotatable bonds is 2. The van der Waals surface area contributed by atoms with Gasteiger partial charge in [0.2, 0.25) is 5.91 Å². The molecule has 1 unspecified atom stereocenters. The standard InChI is InChI=1S/C18H22N2O2.ClH/c1-12-10-19-5-6-20(12)18(21)9-15-11-22-17-8-14-4-2-3-13(14)7-16(15)17;/h7-8,11-12,19H,2-6,9-10H2,1H3;1H. The normalized spacial score (nSPS) is 20.4. The molecule has 0 saturated carbocycles. The Morgan fingerprint density at radius 1 is 1.35 bits per heavy atom. The van der Waals surface area contributed by atoms with Gasteiger partial charge in [0.1, 0.15) is 5.58 Å². The van der Waals surface area contributed by atoms with Crippen molar-refractivity contribution in [2.45, 2.75) is 38.6 Å². The van der Waals surface area contributed by atoms with Gasteiger partial charge >= 0.3 is 0 Å². The molecular weight excluding hydrogens is 312 g/mol. The number of benzene rings is 1. The zero-order valence-corrected chi connectivity index (χ0v) is 14.2. The lowest BCUT2D eigenvalue weighted by atomic mass is 10.0. The maximum Gasteiger partial charge on any atom is 0.227 e. The van der Waals surface area contributed by atoms with Gasteiger partial charge in [-0.25, -0.2) is 0 Å². The first-order valence-electron chi connectivity index (χ1n) is 8.24. The first-order chi connectivity index (χ1) is 10.7. The van der Waals surface area contributed by atoms with Crippen molar-refractivity contribution in [3.05, 3.63) is 35.1 Å². The van der Waals surface area contributed by atoms with Gasteiger partial charge in [0.15, 0.2) is 0 Å². The Labute approximate surface area is 142 Å². The number of fused-ring (bicyclic) bond motifs is 2. The van der Waals surface area contributed by atoms with Crippen LogP contribution in [0, 0.1) is 0 Å². The summed E-state index contributed by atoms with van der Waals surface area (Å²) in [6.07, 6.45) is 5.74. The smallest absolute Gasteiger partial charge is 0.227 e. The molecule has 2 heterocycles. The van der Waals surface area contributed by atoms with Gasteiger partial charge in [-0.15, -0.1) is 12.4 Å². The van der Waals surface area contributed by atoms with Gasteiger partial charge in [-0.2, -0.15) is 0 Å². The molecule has 1 aromatic heterocycles. The number of halogens is 1. The molecule has 2 aliphatic rings. The van der Waals surface area contributed by atoms with E-state index in [4.69, 9.17) is 4.42 Å². The predicted molar refractivity (Wildman–Crippen MR) is 93.2 cm³/mol. The van der Waals surface area contributed by atoms with Crippen LogP contribution in [-0.2, 0) is 24.1 Å². The van der Waals surface area contributed by atoms with E-state index in [2.05, 4.69) is 24.4 Å². The number of piperazine rings is 1. The lowest BCUT2D eigenvalue weighted by Crippen LogP contribution is -2.52. The summed E-state index contributed by atoms with van der Waals surface area (Å²) < 4.78 is 5.71. The maximum atomic E-state index is 12.6. The van der Waals surface area contributed by atoms with Crippen LogP contribution >= 0.6 is 12.4 Å². The monoisotopic (exact) mass is 334 g/mol. The minimum Gasteiger partial charge on any atom is -0.464 e. The van der Waals surface area contributed by atoms with Crippen LogP contribution in [0.5, 0.6) is 0 Å². The number of furan rings is 1. The van der Waals surface area contributed by atoms with E-state index < -0.39 is 0 Å². The van der Waals surface area contributed by atoms with Crippen molar-refractivity contribution in [2.75, 3.05) is 19.6 Å². The summed E-state index contributed by atoms with van der Waals surface area (Å²) >= 11 is 0. The molecule has 124 valence electrons. The molecule has 2 aromatic rings. The highest BCUT2D eigenvalue weighted by Crippen LogP contribution is 2.30. The number of amides is 1. The SMILES string of the molecule is CC1CNCCN1C(=O)Cc1coc2cc3c(cc12)CCC3.Cl. The third-order valence-corrected chi connectivity index (χ3v) is 5.03. The van der Waals surface area contributed by atoms with Gasteiger partial charge in [-0.3, -0.25) is 4.79 Å². The fourth-order valence-corrected chi connectivity index (χ4v) is 3.76. The van der Waals surface area contributed by atoms with Crippen LogP contribution in [0.15, 0.2) is 22.8 Å². The molecule has 1 N–H and O–H groups in total. The first kappa shape index (κ1) is 16.3. The highest BCUT2D eigenvalue weighted by molar-refractivity contribution is 5.89. The van der Waals surface area contributed by atoms with Crippen molar-refractivity contribution in [3.63, 3.8) is 0 Å². The summed E-state index contributed by atoms with van der Waals surface area (Å²) in [5, 5.41) is 4.45. The van der Waals surface area contributed by atoms with Crippen LogP contribution in [0.3, 0.4) is 0 Å². The van der Waals surface area contributed by atoms with Crippen molar-refractivity contribution < 1.29 is 9.21 Å². The van der Waals surface area contributed by atoms with Crippen LogP contribution in [0.25, 0.3) is 11.0 Å². The number of hydrogen-bond acceptors (Lipinski definition) is 3. The molecular formula is C18H23ClN2O2. The average Bonchev–Trinajstić information content (AvgIpc) is 3.12. The lowest BCUT2D eigenvalue weighted by molar-refractivity contribution is -0.133. The van der Waals surface area contributed by atoms with E-state index in [1.54, 1.807) is 6.26 Å². The second-order valence-corrected chi connectivity index (χ2v) is 6.55. The minimum atomic E-state index is 0. The Bertz CT molecular complexity index is 725. The molecule has 1 fully saturated rings. The van der Waals surface area contributed by atoms with Crippen molar-refractivity contribution in [1.82, 2.24) is 10.2 Å². The van der Waals surface area contributed by atoms with Gasteiger partial charge in [0.25, 0.3) is 0 Å². The molecule has 1 aromatic carbocycles.